The number of carbonyl (C=O) groups excluding carboxylic acids is 1. The standard InChI is InChI=1S/C20H17NO3S/c1-12-7-9-14(10-8-12)16-11-25-19(17(16)20(23)24)21-18(22)15-6-4-3-5-13(15)2/h3-11H,1-2H3,(H,21,22)(H,23,24). The molecule has 0 atom stereocenters. The molecule has 3 rings (SSSR count). The largest absolute Gasteiger partial charge is 0.478 e. The van der Waals surface area contributed by atoms with Gasteiger partial charge in [-0.3, -0.25) is 4.79 Å². The Balaban J connectivity index is 1.98. The Bertz CT molecular complexity index is 942. The maximum Gasteiger partial charge on any atom is 0.339 e. The first-order valence-corrected chi connectivity index (χ1v) is 8.64. The minimum atomic E-state index is -1.06. The Morgan fingerprint density at radius 1 is 1.00 bits per heavy atom. The molecule has 1 heterocycles. The molecule has 5 heteroatoms. The van der Waals surface area contributed by atoms with Crippen LogP contribution in [0, 0.1) is 13.8 Å². The van der Waals surface area contributed by atoms with Crippen molar-refractivity contribution in [2.24, 2.45) is 0 Å². The van der Waals surface area contributed by atoms with E-state index >= 15 is 0 Å². The maximum absolute atomic E-state index is 12.5. The van der Waals surface area contributed by atoms with E-state index in [2.05, 4.69) is 5.32 Å². The second kappa shape index (κ2) is 6.91. The number of aryl methyl sites for hydroxylation is 2. The number of anilines is 1. The molecule has 0 fully saturated rings. The van der Waals surface area contributed by atoms with Crippen molar-refractivity contribution in [3.63, 3.8) is 0 Å². The van der Waals surface area contributed by atoms with E-state index in [1.54, 1.807) is 17.5 Å². The van der Waals surface area contributed by atoms with Crippen molar-refractivity contribution in [1.29, 1.82) is 0 Å². The van der Waals surface area contributed by atoms with Crippen molar-refractivity contribution in [3.05, 3.63) is 76.2 Å². The predicted molar refractivity (Wildman–Crippen MR) is 101 cm³/mol. The summed E-state index contributed by atoms with van der Waals surface area (Å²) in [5, 5.41) is 14.5. The van der Waals surface area contributed by atoms with Gasteiger partial charge in [0.05, 0.1) is 0 Å². The van der Waals surface area contributed by atoms with Gasteiger partial charge in [0.2, 0.25) is 0 Å². The normalized spacial score (nSPS) is 10.5. The molecule has 2 N–H and O–H groups in total. The number of amides is 1. The zero-order chi connectivity index (χ0) is 18.0. The Kier molecular flexibility index (Phi) is 4.67. The fraction of sp³-hybridized carbons (Fsp3) is 0.100. The molecule has 0 spiro atoms. The number of benzene rings is 2. The molecule has 0 aliphatic carbocycles. The van der Waals surface area contributed by atoms with Crippen LogP contribution in [0.3, 0.4) is 0 Å². The number of carbonyl (C=O) groups is 2. The maximum atomic E-state index is 12.5. The predicted octanol–water partition coefficient (Wildman–Crippen LogP) is 4.98. The molecule has 0 aliphatic heterocycles. The van der Waals surface area contributed by atoms with Gasteiger partial charge in [-0.2, -0.15) is 0 Å². The molecule has 0 saturated carbocycles. The lowest BCUT2D eigenvalue weighted by Gasteiger charge is -2.08. The average molecular weight is 351 g/mol. The van der Waals surface area contributed by atoms with Crippen LogP contribution < -0.4 is 5.32 Å². The third-order valence-electron chi connectivity index (χ3n) is 3.98. The fourth-order valence-electron chi connectivity index (χ4n) is 2.61. The van der Waals surface area contributed by atoms with Crippen molar-refractivity contribution in [1.82, 2.24) is 0 Å². The van der Waals surface area contributed by atoms with Crippen molar-refractivity contribution in [2.75, 3.05) is 5.32 Å². The summed E-state index contributed by atoms with van der Waals surface area (Å²) in [6.45, 7) is 3.82. The summed E-state index contributed by atoms with van der Waals surface area (Å²) in [5.74, 6) is -1.37. The zero-order valence-corrected chi connectivity index (χ0v) is 14.7. The molecule has 0 unspecified atom stereocenters. The van der Waals surface area contributed by atoms with Crippen LogP contribution in [0.4, 0.5) is 5.00 Å². The number of hydrogen-bond acceptors (Lipinski definition) is 3. The van der Waals surface area contributed by atoms with Crippen LogP contribution in [0.15, 0.2) is 53.9 Å². The number of nitrogens with one attached hydrogen (secondary N) is 1. The average Bonchev–Trinajstić information content (AvgIpc) is 2.99. The molecule has 4 nitrogen and oxygen atoms in total. The number of rotatable bonds is 4. The quantitative estimate of drug-likeness (QED) is 0.696. The summed E-state index contributed by atoms with van der Waals surface area (Å²) in [4.78, 5) is 24.3. The van der Waals surface area contributed by atoms with E-state index in [9.17, 15) is 14.7 Å². The monoisotopic (exact) mass is 351 g/mol. The second-order valence-electron chi connectivity index (χ2n) is 5.79. The van der Waals surface area contributed by atoms with E-state index in [4.69, 9.17) is 0 Å². The summed E-state index contributed by atoms with van der Waals surface area (Å²) in [5.41, 5.74) is 4.02. The zero-order valence-electron chi connectivity index (χ0n) is 13.9. The number of carboxylic acids is 1. The second-order valence-corrected chi connectivity index (χ2v) is 6.67. The molecule has 1 aromatic heterocycles. The van der Waals surface area contributed by atoms with Crippen molar-refractivity contribution in [3.8, 4) is 11.1 Å². The van der Waals surface area contributed by atoms with Gasteiger partial charge >= 0.3 is 5.97 Å². The number of aromatic carboxylic acids is 1. The summed E-state index contributed by atoms with van der Waals surface area (Å²) >= 11 is 1.22. The smallest absolute Gasteiger partial charge is 0.339 e. The SMILES string of the molecule is Cc1ccc(-c2csc(NC(=O)c3ccccc3C)c2C(=O)O)cc1. The van der Waals surface area contributed by atoms with Crippen LogP contribution in [0.5, 0.6) is 0 Å². The third-order valence-corrected chi connectivity index (χ3v) is 4.88. The van der Waals surface area contributed by atoms with E-state index in [1.807, 2.05) is 50.2 Å². The van der Waals surface area contributed by atoms with Crippen molar-refractivity contribution >= 4 is 28.2 Å². The van der Waals surface area contributed by atoms with Crippen LogP contribution >= 0.6 is 11.3 Å². The first kappa shape index (κ1) is 16.9. The topological polar surface area (TPSA) is 66.4 Å². The molecule has 3 aromatic rings. The Morgan fingerprint density at radius 2 is 1.68 bits per heavy atom. The number of hydrogen-bond donors (Lipinski definition) is 2. The van der Waals surface area contributed by atoms with E-state index in [0.717, 1.165) is 16.7 Å². The molecular formula is C20H17NO3S. The Hall–Kier alpha value is -2.92. The van der Waals surface area contributed by atoms with E-state index < -0.39 is 5.97 Å². The third kappa shape index (κ3) is 3.46. The summed E-state index contributed by atoms with van der Waals surface area (Å²) in [6, 6.07) is 14.8. The molecule has 0 bridgehead atoms. The first-order valence-electron chi connectivity index (χ1n) is 7.76. The lowest BCUT2D eigenvalue weighted by molar-refractivity contribution is 0.0699. The highest BCUT2D eigenvalue weighted by Gasteiger charge is 2.21. The van der Waals surface area contributed by atoms with Gasteiger partial charge in [0, 0.05) is 16.5 Å². The van der Waals surface area contributed by atoms with Gasteiger partial charge in [0.15, 0.2) is 0 Å². The van der Waals surface area contributed by atoms with Gasteiger partial charge in [0.1, 0.15) is 10.6 Å². The molecule has 25 heavy (non-hydrogen) atoms. The molecule has 0 radical (unpaired) electrons. The first-order chi connectivity index (χ1) is 12.0. The highest BCUT2D eigenvalue weighted by molar-refractivity contribution is 7.15. The molecule has 0 aliphatic rings. The van der Waals surface area contributed by atoms with Gasteiger partial charge in [-0.15, -0.1) is 11.3 Å². The molecule has 2 aromatic carbocycles. The van der Waals surface area contributed by atoms with Crippen LogP contribution in [0.2, 0.25) is 0 Å². The minimum Gasteiger partial charge on any atom is -0.478 e. The van der Waals surface area contributed by atoms with E-state index in [0.29, 0.717) is 16.1 Å². The molecule has 1 amide bonds. The van der Waals surface area contributed by atoms with Gasteiger partial charge in [-0.25, -0.2) is 4.79 Å². The van der Waals surface area contributed by atoms with Gasteiger partial charge in [0.25, 0.3) is 5.91 Å². The minimum absolute atomic E-state index is 0.121. The number of carboxylic acid groups (broad SMARTS) is 1. The van der Waals surface area contributed by atoms with Crippen LogP contribution in [0.25, 0.3) is 11.1 Å². The highest BCUT2D eigenvalue weighted by Crippen LogP contribution is 2.36. The van der Waals surface area contributed by atoms with Crippen LogP contribution in [-0.4, -0.2) is 17.0 Å². The van der Waals surface area contributed by atoms with Crippen molar-refractivity contribution in [2.45, 2.75) is 13.8 Å². The summed E-state index contributed by atoms with van der Waals surface area (Å²) in [6.07, 6.45) is 0. The molecular weight excluding hydrogens is 334 g/mol. The lowest BCUT2D eigenvalue weighted by Crippen LogP contribution is -2.14. The molecule has 126 valence electrons. The number of thiophene rings is 1. The summed E-state index contributed by atoms with van der Waals surface area (Å²) < 4.78 is 0. The highest BCUT2D eigenvalue weighted by atomic mass is 32.1. The van der Waals surface area contributed by atoms with E-state index in [1.165, 1.54) is 11.3 Å². The van der Waals surface area contributed by atoms with Crippen LogP contribution in [0.1, 0.15) is 31.8 Å². The van der Waals surface area contributed by atoms with Gasteiger partial charge in [-0.05, 0) is 31.0 Å². The Morgan fingerprint density at radius 3 is 2.32 bits per heavy atom. The summed E-state index contributed by atoms with van der Waals surface area (Å²) in [7, 11) is 0. The Labute approximate surface area is 149 Å². The lowest BCUT2D eigenvalue weighted by atomic mass is 10.0. The van der Waals surface area contributed by atoms with Gasteiger partial charge in [-0.1, -0.05) is 48.0 Å². The van der Waals surface area contributed by atoms with Crippen LogP contribution in [-0.2, 0) is 0 Å². The van der Waals surface area contributed by atoms with Crippen molar-refractivity contribution < 1.29 is 14.7 Å². The van der Waals surface area contributed by atoms with Gasteiger partial charge < -0.3 is 10.4 Å². The fourth-order valence-corrected chi connectivity index (χ4v) is 3.56. The molecule has 0 saturated heterocycles. The van der Waals surface area contributed by atoms with E-state index in [-0.39, 0.29) is 11.5 Å².